The molecule has 0 fully saturated rings. The van der Waals surface area contributed by atoms with E-state index in [1.165, 1.54) is 6.07 Å². The zero-order chi connectivity index (χ0) is 15.5. The van der Waals surface area contributed by atoms with Gasteiger partial charge in [0, 0.05) is 23.7 Å². The number of aryl methyl sites for hydroxylation is 1. The third-order valence-electron chi connectivity index (χ3n) is 3.77. The number of nitro benzene ring substituents is 1. The molecule has 0 bridgehead atoms. The Morgan fingerprint density at radius 1 is 1.48 bits per heavy atom. The molecule has 6 nitrogen and oxygen atoms in total. The second-order valence-corrected chi connectivity index (χ2v) is 5.49. The van der Waals surface area contributed by atoms with Gasteiger partial charge in [0.1, 0.15) is 0 Å². The summed E-state index contributed by atoms with van der Waals surface area (Å²) >= 11 is 0. The number of amides is 1. The molecule has 0 spiro atoms. The standard InChI is InChI=1S/C14H21N3O3.ClH/c1-9(2)14(4,8-15)16-13(18)11-6-5-10(3)12(7-11)17(19)20;/h5-7,9H,8,15H2,1-4H3,(H,16,18);1H. The number of halogens is 1. The van der Waals surface area contributed by atoms with Crippen molar-refractivity contribution in [3.63, 3.8) is 0 Å². The molecule has 118 valence electrons. The van der Waals surface area contributed by atoms with Crippen LogP contribution in [0.2, 0.25) is 0 Å². The van der Waals surface area contributed by atoms with Gasteiger partial charge in [0.2, 0.25) is 0 Å². The second-order valence-electron chi connectivity index (χ2n) is 5.49. The van der Waals surface area contributed by atoms with E-state index in [4.69, 9.17) is 5.73 Å². The summed E-state index contributed by atoms with van der Waals surface area (Å²) < 4.78 is 0. The molecule has 1 atom stereocenters. The normalized spacial score (nSPS) is 13.2. The number of nitrogens with one attached hydrogen (secondary N) is 1. The molecule has 1 aromatic rings. The highest BCUT2D eigenvalue weighted by Crippen LogP contribution is 2.21. The van der Waals surface area contributed by atoms with Gasteiger partial charge in [-0.2, -0.15) is 0 Å². The molecular weight excluding hydrogens is 294 g/mol. The first-order valence-electron chi connectivity index (χ1n) is 6.49. The van der Waals surface area contributed by atoms with E-state index in [1.807, 2.05) is 20.8 Å². The highest BCUT2D eigenvalue weighted by Gasteiger charge is 2.29. The molecule has 3 N–H and O–H groups in total. The Morgan fingerprint density at radius 3 is 2.48 bits per heavy atom. The Balaban J connectivity index is 0.00000400. The highest BCUT2D eigenvalue weighted by atomic mass is 35.5. The molecule has 0 saturated heterocycles. The monoisotopic (exact) mass is 315 g/mol. The lowest BCUT2D eigenvalue weighted by Crippen LogP contribution is -2.55. The number of carbonyl (C=O) groups excluding carboxylic acids is 1. The number of hydrogen-bond acceptors (Lipinski definition) is 4. The van der Waals surface area contributed by atoms with Crippen molar-refractivity contribution in [2.75, 3.05) is 6.54 Å². The number of nitro groups is 1. The summed E-state index contributed by atoms with van der Waals surface area (Å²) in [6.45, 7) is 7.72. The number of rotatable bonds is 5. The molecule has 1 aromatic carbocycles. The van der Waals surface area contributed by atoms with Crippen molar-refractivity contribution in [1.82, 2.24) is 5.32 Å². The van der Waals surface area contributed by atoms with Gasteiger partial charge in [0.15, 0.2) is 0 Å². The van der Waals surface area contributed by atoms with E-state index in [1.54, 1.807) is 19.1 Å². The van der Waals surface area contributed by atoms with Crippen LogP contribution in [0.1, 0.15) is 36.7 Å². The minimum absolute atomic E-state index is 0. The van der Waals surface area contributed by atoms with Gasteiger partial charge >= 0.3 is 0 Å². The first-order chi connectivity index (χ1) is 9.21. The smallest absolute Gasteiger partial charge is 0.273 e. The van der Waals surface area contributed by atoms with E-state index >= 15 is 0 Å². The summed E-state index contributed by atoms with van der Waals surface area (Å²) in [4.78, 5) is 22.6. The fourth-order valence-corrected chi connectivity index (χ4v) is 1.71. The minimum atomic E-state index is -0.545. The van der Waals surface area contributed by atoms with Crippen LogP contribution < -0.4 is 11.1 Å². The van der Waals surface area contributed by atoms with E-state index in [9.17, 15) is 14.9 Å². The van der Waals surface area contributed by atoms with Crippen molar-refractivity contribution < 1.29 is 9.72 Å². The zero-order valence-electron chi connectivity index (χ0n) is 12.7. The molecule has 0 aromatic heterocycles. The number of nitrogens with two attached hydrogens (primary N) is 1. The lowest BCUT2D eigenvalue weighted by molar-refractivity contribution is -0.385. The molecule has 1 amide bonds. The third-order valence-corrected chi connectivity index (χ3v) is 3.77. The fourth-order valence-electron chi connectivity index (χ4n) is 1.71. The van der Waals surface area contributed by atoms with Crippen LogP contribution in [-0.4, -0.2) is 22.9 Å². The lowest BCUT2D eigenvalue weighted by Gasteiger charge is -2.33. The van der Waals surface area contributed by atoms with Gasteiger partial charge < -0.3 is 11.1 Å². The Bertz CT molecular complexity index is 534. The van der Waals surface area contributed by atoms with Crippen LogP contribution in [0.5, 0.6) is 0 Å². The second kappa shape index (κ2) is 7.38. The molecule has 7 heteroatoms. The predicted octanol–water partition coefficient (Wildman–Crippen LogP) is 2.43. The van der Waals surface area contributed by atoms with Crippen LogP contribution in [0.15, 0.2) is 18.2 Å². The van der Waals surface area contributed by atoms with Gasteiger partial charge in [-0.1, -0.05) is 19.9 Å². The van der Waals surface area contributed by atoms with Gasteiger partial charge in [0.05, 0.1) is 10.5 Å². The van der Waals surface area contributed by atoms with Crippen molar-refractivity contribution in [2.45, 2.75) is 33.2 Å². The number of carbonyl (C=O) groups is 1. The van der Waals surface area contributed by atoms with Crippen LogP contribution in [0.3, 0.4) is 0 Å². The van der Waals surface area contributed by atoms with Crippen LogP contribution in [0, 0.1) is 23.0 Å². The summed E-state index contributed by atoms with van der Waals surface area (Å²) in [5.74, 6) is -0.202. The van der Waals surface area contributed by atoms with Gasteiger partial charge in [-0.15, -0.1) is 12.4 Å². The maximum atomic E-state index is 12.2. The van der Waals surface area contributed by atoms with Crippen molar-refractivity contribution in [3.8, 4) is 0 Å². The highest BCUT2D eigenvalue weighted by molar-refractivity contribution is 5.95. The molecule has 0 saturated carbocycles. The molecule has 1 unspecified atom stereocenters. The van der Waals surface area contributed by atoms with E-state index in [2.05, 4.69) is 5.32 Å². The molecule has 0 heterocycles. The third kappa shape index (κ3) is 4.41. The van der Waals surface area contributed by atoms with E-state index in [-0.39, 0.29) is 35.5 Å². The Hall–Kier alpha value is -1.66. The topological polar surface area (TPSA) is 98.3 Å². The maximum absolute atomic E-state index is 12.2. The van der Waals surface area contributed by atoms with Crippen LogP contribution in [0.4, 0.5) is 5.69 Å². The van der Waals surface area contributed by atoms with Crippen molar-refractivity contribution in [2.24, 2.45) is 11.7 Å². The number of hydrogen-bond donors (Lipinski definition) is 2. The first kappa shape index (κ1) is 19.3. The van der Waals surface area contributed by atoms with Gasteiger partial charge in [0.25, 0.3) is 11.6 Å². The fraction of sp³-hybridized carbons (Fsp3) is 0.500. The predicted molar refractivity (Wildman–Crippen MR) is 84.8 cm³/mol. The average molecular weight is 316 g/mol. The quantitative estimate of drug-likeness (QED) is 0.644. The molecule has 0 aliphatic carbocycles. The molecule has 21 heavy (non-hydrogen) atoms. The average Bonchev–Trinajstić information content (AvgIpc) is 2.38. The Labute approximate surface area is 130 Å². The molecule has 0 radical (unpaired) electrons. The van der Waals surface area contributed by atoms with Gasteiger partial charge in [-0.25, -0.2) is 0 Å². The Kier molecular flexibility index (Phi) is 6.79. The van der Waals surface area contributed by atoms with Crippen LogP contribution in [-0.2, 0) is 0 Å². The molecule has 0 aliphatic rings. The summed E-state index contributed by atoms with van der Waals surface area (Å²) in [5.41, 5.74) is 5.90. The summed E-state index contributed by atoms with van der Waals surface area (Å²) in [7, 11) is 0. The summed E-state index contributed by atoms with van der Waals surface area (Å²) in [5, 5.41) is 13.8. The SMILES string of the molecule is Cc1ccc(C(=O)NC(C)(CN)C(C)C)cc1[N+](=O)[O-].Cl. The summed E-state index contributed by atoms with van der Waals surface area (Å²) in [6.07, 6.45) is 0. The number of benzene rings is 1. The largest absolute Gasteiger partial charge is 0.345 e. The minimum Gasteiger partial charge on any atom is -0.345 e. The van der Waals surface area contributed by atoms with Gasteiger partial charge in [-0.05, 0) is 25.8 Å². The van der Waals surface area contributed by atoms with Crippen molar-refractivity contribution in [3.05, 3.63) is 39.4 Å². The van der Waals surface area contributed by atoms with E-state index in [0.29, 0.717) is 12.1 Å². The summed E-state index contributed by atoms with van der Waals surface area (Å²) in [6, 6.07) is 4.44. The molecule has 1 rings (SSSR count). The van der Waals surface area contributed by atoms with E-state index < -0.39 is 10.5 Å². The van der Waals surface area contributed by atoms with Crippen molar-refractivity contribution in [1.29, 1.82) is 0 Å². The first-order valence-corrected chi connectivity index (χ1v) is 6.49. The molecular formula is C14H22ClN3O3. The van der Waals surface area contributed by atoms with Gasteiger partial charge in [-0.3, -0.25) is 14.9 Å². The lowest BCUT2D eigenvalue weighted by atomic mass is 9.88. The van der Waals surface area contributed by atoms with Crippen LogP contribution in [0.25, 0.3) is 0 Å². The maximum Gasteiger partial charge on any atom is 0.273 e. The van der Waals surface area contributed by atoms with E-state index in [0.717, 1.165) is 0 Å². The zero-order valence-corrected chi connectivity index (χ0v) is 13.5. The Morgan fingerprint density at radius 2 is 2.05 bits per heavy atom. The molecule has 0 aliphatic heterocycles. The van der Waals surface area contributed by atoms with Crippen molar-refractivity contribution >= 4 is 24.0 Å². The van der Waals surface area contributed by atoms with Crippen LogP contribution >= 0.6 is 12.4 Å². The number of nitrogens with zero attached hydrogens (tertiary/aromatic N) is 1.